The fourth-order valence-electron chi connectivity index (χ4n) is 1.65. The molecule has 62 valence electrons. The first kappa shape index (κ1) is 8.51. The highest BCUT2D eigenvalue weighted by molar-refractivity contribution is 5.51. The van der Waals surface area contributed by atoms with Gasteiger partial charge < -0.3 is 4.79 Å². The third-order valence-electron chi connectivity index (χ3n) is 2.29. The minimum atomic E-state index is 0.594. The lowest BCUT2D eigenvalue weighted by Gasteiger charge is -2.17. The lowest BCUT2D eigenvalue weighted by atomic mass is 9.89. The average molecular weight is 152 g/mol. The maximum absolute atomic E-state index is 10.00. The van der Waals surface area contributed by atoms with Crippen molar-refractivity contribution in [1.29, 1.82) is 0 Å². The van der Waals surface area contributed by atoms with Crippen LogP contribution in [0.5, 0.6) is 0 Å². The van der Waals surface area contributed by atoms with Crippen LogP contribution < -0.4 is 0 Å². The van der Waals surface area contributed by atoms with Crippen LogP contribution in [0.25, 0.3) is 0 Å². The van der Waals surface area contributed by atoms with E-state index >= 15 is 0 Å². The van der Waals surface area contributed by atoms with Gasteiger partial charge in [0, 0.05) is 6.42 Å². The third kappa shape index (κ3) is 3.35. The molecule has 0 spiro atoms. The summed E-state index contributed by atoms with van der Waals surface area (Å²) in [6, 6.07) is 0. The van der Waals surface area contributed by atoms with Crippen LogP contribution in [-0.2, 0) is 4.79 Å². The van der Waals surface area contributed by atoms with E-state index in [2.05, 4.69) is 6.08 Å². The van der Waals surface area contributed by atoms with Gasteiger partial charge in [-0.25, -0.2) is 0 Å². The zero-order valence-electron chi connectivity index (χ0n) is 6.96. The maximum atomic E-state index is 10.00. The summed E-state index contributed by atoms with van der Waals surface area (Å²) in [7, 11) is 0. The van der Waals surface area contributed by atoms with Gasteiger partial charge in [0.05, 0.1) is 0 Å². The van der Waals surface area contributed by atoms with Crippen molar-refractivity contribution in [2.75, 3.05) is 0 Å². The third-order valence-corrected chi connectivity index (χ3v) is 2.29. The number of hydrogen-bond acceptors (Lipinski definition) is 1. The first-order valence-electron chi connectivity index (χ1n) is 4.54. The van der Waals surface area contributed by atoms with E-state index in [1.165, 1.54) is 32.1 Å². The van der Waals surface area contributed by atoms with Gasteiger partial charge in [-0.1, -0.05) is 31.4 Å². The van der Waals surface area contributed by atoms with E-state index in [1.54, 1.807) is 0 Å². The number of carbonyl (C=O) groups is 1. The second-order valence-corrected chi connectivity index (χ2v) is 3.23. The smallest absolute Gasteiger partial charge is 0.123 e. The molecule has 0 aromatic carbocycles. The van der Waals surface area contributed by atoms with Crippen LogP contribution in [0.1, 0.15) is 38.5 Å². The van der Waals surface area contributed by atoms with Crippen molar-refractivity contribution in [1.82, 2.24) is 0 Å². The summed E-state index contributed by atoms with van der Waals surface area (Å²) in [5, 5.41) is 0. The Labute approximate surface area is 68.5 Å². The molecule has 0 amide bonds. The molecule has 0 N–H and O–H groups in total. The van der Waals surface area contributed by atoms with Gasteiger partial charge in [-0.15, -0.1) is 0 Å². The van der Waals surface area contributed by atoms with Gasteiger partial charge in [-0.05, 0) is 18.8 Å². The minimum Gasteiger partial charge on any atom is -0.303 e. The average Bonchev–Trinajstić information content (AvgIpc) is 2.07. The fourth-order valence-corrected chi connectivity index (χ4v) is 1.65. The number of hydrogen-bond donors (Lipinski definition) is 0. The predicted octanol–water partition coefficient (Wildman–Crippen LogP) is 2.71. The van der Waals surface area contributed by atoms with Gasteiger partial charge in [-0.2, -0.15) is 0 Å². The largest absolute Gasteiger partial charge is 0.303 e. The molecule has 1 aliphatic carbocycles. The molecule has 0 radical (unpaired) electrons. The molecule has 0 aromatic rings. The molecule has 1 heteroatoms. The van der Waals surface area contributed by atoms with Crippen molar-refractivity contribution in [3.8, 4) is 0 Å². The molecular formula is C10H16O. The van der Waals surface area contributed by atoms with Crippen LogP contribution >= 0.6 is 0 Å². The molecule has 1 nitrogen and oxygen atoms in total. The van der Waals surface area contributed by atoms with Gasteiger partial charge in [-0.3, -0.25) is 0 Å². The number of allylic oxidation sites excluding steroid dienone is 2. The summed E-state index contributed by atoms with van der Waals surface area (Å²) >= 11 is 0. The molecule has 0 atom stereocenters. The van der Waals surface area contributed by atoms with E-state index in [4.69, 9.17) is 0 Å². The van der Waals surface area contributed by atoms with E-state index in [1.807, 2.05) is 6.08 Å². The van der Waals surface area contributed by atoms with Gasteiger partial charge in [0.2, 0.25) is 0 Å². The van der Waals surface area contributed by atoms with Crippen LogP contribution in [0, 0.1) is 5.92 Å². The van der Waals surface area contributed by atoms with E-state index < -0.39 is 0 Å². The quantitative estimate of drug-likeness (QED) is 0.449. The summed E-state index contributed by atoms with van der Waals surface area (Å²) in [6.45, 7) is 0. The first-order valence-corrected chi connectivity index (χ1v) is 4.54. The Hall–Kier alpha value is -0.590. The van der Waals surface area contributed by atoms with E-state index in [0.717, 1.165) is 12.2 Å². The van der Waals surface area contributed by atoms with Crippen molar-refractivity contribution in [2.45, 2.75) is 38.5 Å². The normalized spacial score (nSPS) is 20.7. The summed E-state index contributed by atoms with van der Waals surface area (Å²) in [4.78, 5) is 10.00. The molecule has 1 fully saturated rings. The molecule has 0 bridgehead atoms. The van der Waals surface area contributed by atoms with Crippen LogP contribution in [0.3, 0.4) is 0 Å². The first-order chi connectivity index (χ1) is 5.43. The van der Waals surface area contributed by atoms with Crippen molar-refractivity contribution >= 4 is 6.29 Å². The molecule has 1 saturated carbocycles. The fraction of sp³-hybridized carbons (Fsp3) is 0.700. The van der Waals surface area contributed by atoms with Gasteiger partial charge in [0.15, 0.2) is 0 Å². The molecule has 11 heavy (non-hydrogen) atoms. The zero-order chi connectivity index (χ0) is 7.94. The summed E-state index contributed by atoms with van der Waals surface area (Å²) in [5.74, 6) is 0.767. The van der Waals surface area contributed by atoms with Gasteiger partial charge in [0.1, 0.15) is 6.29 Å². The Bertz CT molecular complexity index is 132. The Morgan fingerprint density at radius 3 is 2.55 bits per heavy atom. The van der Waals surface area contributed by atoms with Crippen LogP contribution in [0.2, 0.25) is 0 Å². The van der Waals surface area contributed by atoms with Crippen molar-refractivity contribution in [3.05, 3.63) is 12.2 Å². The molecule has 0 aromatic heterocycles. The summed E-state index contributed by atoms with van der Waals surface area (Å²) in [5.41, 5.74) is 0. The molecule has 0 saturated heterocycles. The second-order valence-electron chi connectivity index (χ2n) is 3.23. The number of aldehydes is 1. The van der Waals surface area contributed by atoms with Crippen molar-refractivity contribution in [2.24, 2.45) is 5.92 Å². The molecule has 0 unspecified atom stereocenters. The standard InChI is InChI=1S/C10H16O/c11-9-5-4-8-10-6-2-1-3-7-10/h4,8-10H,1-3,5-7H2. The van der Waals surface area contributed by atoms with Crippen molar-refractivity contribution in [3.63, 3.8) is 0 Å². The lowest BCUT2D eigenvalue weighted by Crippen LogP contribution is -2.02. The highest BCUT2D eigenvalue weighted by atomic mass is 16.1. The topological polar surface area (TPSA) is 17.1 Å². The molecule has 0 heterocycles. The van der Waals surface area contributed by atoms with E-state index in [-0.39, 0.29) is 0 Å². The second kappa shape index (κ2) is 5.11. The Kier molecular flexibility index (Phi) is 3.95. The predicted molar refractivity (Wildman–Crippen MR) is 46.4 cm³/mol. The Morgan fingerprint density at radius 2 is 1.91 bits per heavy atom. The molecule has 0 aliphatic heterocycles. The molecular weight excluding hydrogens is 136 g/mol. The molecule has 1 aliphatic rings. The monoisotopic (exact) mass is 152 g/mol. The summed E-state index contributed by atoms with van der Waals surface area (Å²) < 4.78 is 0. The highest BCUT2D eigenvalue weighted by Crippen LogP contribution is 2.24. The maximum Gasteiger partial charge on any atom is 0.123 e. The minimum absolute atomic E-state index is 0.594. The van der Waals surface area contributed by atoms with Crippen LogP contribution in [0.4, 0.5) is 0 Å². The molecule has 1 rings (SSSR count). The Balaban J connectivity index is 2.18. The SMILES string of the molecule is O=CCC=CC1CCCCC1. The highest BCUT2D eigenvalue weighted by Gasteiger charge is 2.08. The summed E-state index contributed by atoms with van der Waals surface area (Å²) in [6.07, 6.45) is 12.6. The van der Waals surface area contributed by atoms with E-state index in [0.29, 0.717) is 6.42 Å². The van der Waals surface area contributed by atoms with E-state index in [9.17, 15) is 4.79 Å². The number of carbonyl (C=O) groups excluding carboxylic acids is 1. The number of rotatable bonds is 3. The lowest BCUT2D eigenvalue weighted by molar-refractivity contribution is -0.107. The van der Waals surface area contributed by atoms with Crippen LogP contribution in [0.15, 0.2) is 12.2 Å². The zero-order valence-corrected chi connectivity index (χ0v) is 6.96. The van der Waals surface area contributed by atoms with Gasteiger partial charge >= 0.3 is 0 Å². The van der Waals surface area contributed by atoms with Crippen LogP contribution in [-0.4, -0.2) is 6.29 Å². The Morgan fingerprint density at radius 1 is 1.18 bits per heavy atom. The van der Waals surface area contributed by atoms with Gasteiger partial charge in [0.25, 0.3) is 0 Å². The van der Waals surface area contributed by atoms with Crippen molar-refractivity contribution < 1.29 is 4.79 Å².